The summed E-state index contributed by atoms with van der Waals surface area (Å²) >= 11 is 0. The third-order valence-corrected chi connectivity index (χ3v) is 6.63. The smallest absolute Gasteiger partial charge is 0.463 e. The first-order chi connectivity index (χ1) is 18.1. The van der Waals surface area contributed by atoms with E-state index in [1.165, 1.54) is 20.8 Å². The highest BCUT2D eigenvalue weighted by molar-refractivity contribution is 7.48. The number of rotatable bonds is 12. The molecule has 0 aromatic heterocycles. The summed E-state index contributed by atoms with van der Waals surface area (Å²) in [6.45, 7) is 3.09. The molecular weight excluding hydrogens is 519 g/mol. The lowest BCUT2D eigenvalue weighted by molar-refractivity contribution is -0.258. The molecule has 12 heteroatoms. The normalized spacial score (nSPS) is 21.3. The van der Waals surface area contributed by atoms with Gasteiger partial charge in [0.1, 0.15) is 18.8 Å². The fourth-order valence-corrected chi connectivity index (χ4v) is 4.86. The molecule has 0 saturated carbocycles. The van der Waals surface area contributed by atoms with Crippen LogP contribution in [0.25, 0.3) is 0 Å². The first-order valence-corrected chi connectivity index (χ1v) is 13.4. The molecule has 2 aromatic carbocycles. The highest BCUT2D eigenvalue weighted by Crippen LogP contribution is 2.53. The van der Waals surface area contributed by atoms with Crippen LogP contribution in [0.1, 0.15) is 38.3 Å². The van der Waals surface area contributed by atoms with E-state index in [9.17, 15) is 18.9 Å². The van der Waals surface area contributed by atoms with Gasteiger partial charge in [-0.25, -0.2) is 4.57 Å². The van der Waals surface area contributed by atoms with E-state index in [0.29, 0.717) is 11.1 Å². The van der Waals surface area contributed by atoms with Gasteiger partial charge in [0.25, 0.3) is 0 Å². The number of ether oxygens (including phenoxy) is 4. The molecule has 1 aliphatic rings. The predicted octanol–water partition coefficient (Wildman–Crippen LogP) is 4.09. The summed E-state index contributed by atoms with van der Waals surface area (Å²) in [5, 5.41) is 0. The molecule has 0 N–H and O–H groups in total. The van der Waals surface area contributed by atoms with E-state index < -0.39 is 50.3 Å². The van der Waals surface area contributed by atoms with Gasteiger partial charge in [-0.2, -0.15) is 0 Å². The van der Waals surface area contributed by atoms with Gasteiger partial charge in [0.05, 0.1) is 13.2 Å². The number of carbonyl (C=O) groups is 3. The summed E-state index contributed by atoms with van der Waals surface area (Å²) in [6.07, 6.45) is -4.61. The Balaban J connectivity index is 1.84. The van der Waals surface area contributed by atoms with Crippen LogP contribution in [-0.2, 0) is 64.7 Å². The number of phosphoric ester groups is 1. The molecule has 2 aromatic rings. The summed E-state index contributed by atoms with van der Waals surface area (Å²) in [5.41, 5.74) is 1.42. The lowest BCUT2D eigenvalue weighted by atomic mass is 10.0. The molecule has 1 aliphatic heterocycles. The molecule has 0 radical (unpaired) electrons. The zero-order chi connectivity index (χ0) is 27.5. The number of carbonyl (C=O) groups excluding carboxylic acids is 3. The van der Waals surface area contributed by atoms with Gasteiger partial charge in [0.15, 0.2) is 6.10 Å². The van der Waals surface area contributed by atoms with Crippen molar-refractivity contribution in [3.63, 3.8) is 0 Å². The highest BCUT2D eigenvalue weighted by atomic mass is 31.2. The van der Waals surface area contributed by atoms with E-state index in [0.717, 1.165) is 0 Å². The number of benzene rings is 2. The fraction of sp³-hybridized carbons (Fsp3) is 0.423. The van der Waals surface area contributed by atoms with Gasteiger partial charge in [-0.3, -0.25) is 28.0 Å². The van der Waals surface area contributed by atoms with E-state index in [2.05, 4.69) is 0 Å². The van der Waals surface area contributed by atoms with Crippen LogP contribution in [0.15, 0.2) is 60.7 Å². The monoisotopic (exact) mass is 550 g/mol. The van der Waals surface area contributed by atoms with E-state index in [4.69, 9.17) is 32.5 Å². The minimum absolute atomic E-state index is 0.0763. The fourth-order valence-electron chi connectivity index (χ4n) is 3.61. The zero-order valence-electron chi connectivity index (χ0n) is 21.3. The second-order valence-electron chi connectivity index (χ2n) is 8.45. The molecule has 0 unspecified atom stereocenters. The van der Waals surface area contributed by atoms with Crippen molar-refractivity contribution in [1.82, 2.24) is 0 Å². The molecular formula is C26H31O11P. The third-order valence-electron chi connectivity index (χ3n) is 5.27. The first kappa shape index (κ1) is 29.5. The largest absolute Gasteiger partial charge is 0.477 e. The number of hydrogen-bond donors (Lipinski definition) is 0. The third kappa shape index (κ3) is 9.66. The lowest BCUT2D eigenvalue weighted by Crippen LogP contribution is -2.52. The van der Waals surface area contributed by atoms with Gasteiger partial charge in [-0.1, -0.05) is 60.7 Å². The second kappa shape index (κ2) is 14.2. The molecule has 0 amide bonds. The van der Waals surface area contributed by atoms with Crippen molar-refractivity contribution in [1.29, 1.82) is 0 Å². The zero-order valence-corrected chi connectivity index (χ0v) is 22.2. The number of hydrogen-bond acceptors (Lipinski definition) is 11. The Morgan fingerprint density at radius 3 is 1.76 bits per heavy atom. The lowest BCUT2D eigenvalue weighted by Gasteiger charge is -2.40. The van der Waals surface area contributed by atoms with Gasteiger partial charge in [-0.15, -0.1) is 0 Å². The van der Waals surface area contributed by atoms with Gasteiger partial charge >= 0.3 is 25.7 Å². The summed E-state index contributed by atoms with van der Waals surface area (Å²) < 4.78 is 52.4. The molecule has 11 nitrogen and oxygen atoms in total. The van der Waals surface area contributed by atoms with Crippen molar-refractivity contribution in [3.05, 3.63) is 71.8 Å². The van der Waals surface area contributed by atoms with Gasteiger partial charge in [0.2, 0.25) is 6.29 Å². The summed E-state index contributed by atoms with van der Waals surface area (Å²) in [5.74, 6) is -1.87. The molecule has 3 rings (SSSR count). The molecule has 1 heterocycles. The minimum atomic E-state index is -4.34. The Labute approximate surface area is 220 Å². The van der Waals surface area contributed by atoms with E-state index in [-0.39, 0.29) is 26.2 Å². The van der Waals surface area contributed by atoms with Crippen LogP contribution >= 0.6 is 7.82 Å². The molecule has 0 spiro atoms. The van der Waals surface area contributed by atoms with Crippen molar-refractivity contribution in [2.75, 3.05) is 6.61 Å². The van der Waals surface area contributed by atoms with Gasteiger partial charge in [-0.05, 0) is 11.1 Å². The van der Waals surface area contributed by atoms with Crippen LogP contribution in [0.3, 0.4) is 0 Å². The van der Waals surface area contributed by atoms with Crippen LogP contribution in [0.4, 0.5) is 0 Å². The van der Waals surface area contributed by atoms with Crippen LogP contribution in [0.2, 0.25) is 0 Å². The molecule has 206 valence electrons. The average Bonchev–Trinajstić information content (AvgIpc) is 2.87. The Kier molecular flexibility index (Phi) is 11.0. The molecule has 0 aliphatic carbocycles. The Morgan fingerprint density at radius 2 is 1.29 bits per heavy atom. The van der Waals surface area contributed by atoms with Crippen molar-refractivity contribution in [2.45, 2.75) is 65.0 Å². The standard InChI is InChI=1S/C26H31O11P/c1-18(27)31-17-25-23(34-19(2)28)14-24(35-20(3)29)26(36-25)37-38(30,32-15-21-10-6-4-7-11-21)33-16-22-12-8-5-9-13-22/h4-13,23-26H,14-17H2,1-3H3/t23-,24+,25+,26-/m0/s1. The second-order valence-corrected chi connectivity index (χ2v) is 10.1. The van der Waals surface area contributed by atoms with Crippen molar-refractivity contribution >= 4 is 25.7 Å². The molecule has 0 bridgehead atoms. The van der Waals surface area contributed by atoms with Crippen LogP contribution in [0, 0.1) is 0 Å². The molecule has 1 fully saturated rings. The molecule has 1 saturated heterocycles. The van der Waals surface area contributed by atoms with Crippen LogP contribution < -0.4 is 0 Å². The average molecular weight is 550 g/mol. The van der Waals surface area contributed by atoms with Gasteiger partial charge < -0.3 is 18.9 Å². The van der Waals surface area contributed by atoms with Crippen molar-refractivity contribution in [3.8, 4) is 0 Å². The van der Waals surface area contributed by atoms with E-state index in [1.54, 1.807) is 48.5 Å². The summed E-state index contributed by atoms with van der Waals surface area (Å²) in [6, 6.07) is 17.9. The maximum Gasteiger partial charge on any atom is 0.477 e. The Hall–Kier alpha value is -3.08. The number of phosphoric acid groups is 1. The summed E-state index contributed by atoms with van der Waals surface area (Å²) in [4.78, 5) is 34.9. The minimum Gasteiger partial charge on any atom is -0.463 e. The number of esters is 3. The van der Waals surface area contributed by atoms with Crippen LogP contribution in [0.5, 0.6) is 0 Å². The summed E-state index contributed by atoms with van der Waals surface area (Å²) in [7, 11) is -4.34. The van der Waals surface area contributed by atoms with Crippen LogP contribution in [-0.4, -0.2) is 49.1 Å². The van der Waals surface area contributed by atoms with E-state index in [1.807, 2.05) is 12.1 Å². The topological polar surface area (TPSA) is 133 Å². The quantitative estimate of drug-likeness (QED) is 0.215. The highest BCUT2D eigenvalue weighted by Gasteiger charge is 2.46. The van der Waals surface area contributed by atoms with Crippen molar-refractivity contribution < 1.29 is 51.5 Å². The SMILES string of the molecule is CC(=O)OC[C@H]1O[C@@H](OP(=O)(OCc2ccccc2)OCc2ccccc2)[C@H](OC(C)=O)C[C@@H]1OC(C)=O. The predicted molar refractivity (Wildman–Crippen MR) is 132 cm³/mol. The molecule has 38 heavy (non-hydrogen) atoms. The Morgan fingerprint density at radius 1 is 0.789 bits per heavy atom. The van der Waals surface area contributed by atoms with Crippen molar-refractivity contribution in [2.24, 2.45) is 0 Å². The maximum absolute atomic E-state index is 13.8. The first-order valence-electron chi connectivity index (χ1n) is 11.9. The Bertz CT molecular complexity index is 1060. The maximum atomic E-state index is 13.8. The van der Waals surface area contributed by atoms with Gasteiger partial charge in [0, 0.05) is 27.2 Å². The molecule has 4 atom stereocenters. The van der Waals surface area contributed by atoms with E-state index >= 15 is 0 Å².